The van der Waals surface area contributed by atoms with E-state index in [1.54, 1.807) is 16.7 Å². The van der Waals surface area contributed by atoms with Crippen LogP contribution in [0.5, 0.6) is 0 Å². The molecule has 1 heterocycles. The Morgan fingerprint density at radius 2 is 2.20 bits per heavy atom. The van der Waals surface area contributed by atoms with E-state index in [0.717, 1.165) is 12.1 Å². The van der Waals surface area contributed by atoms with Crippen molar-refractivity contribution in [3.63, 3.8) is 0 Å². The maximum atomic E-state index is 11.7. The third-order valence-corrected chi connectivity index (χ3v) is 4.13. The Balaban J connectivity index is 2.29. The number of hydrogen-bond donors (Lipinski definition) is 0. The molecule has 82 valence electrons. The molecule has 1 saturated heterocycles. The molecule has 1 amide bonds. The van der Waals surface area contributed by atoms with Gasteiger partial charge in [-0.25, -0.2) is 0 Å². The Hall–Kier alpha value is -0.770. The molecular weight excluding hydrogens is 210 g/mol. The molecule has 0 N–H and O–H groups in total. The fourth-order valence-electron chi connectivity index (χ4n) is 2.29. The highest BCUT2D eigenvalue weighted by Gasteiger charge is 2.35. The summed E-state index contributed by atoms with van der Waals surface area (Å²) in [5.41, 5.74) is 1.06. The van der Waals surface area contributed by atoms with Crippen LogP contribution in [0, 0.1) is 5.92 Å². The fraction of sp³-hybridized carbons (Fsp3) is 0.636. The SMILES string of the molecule is CSC1C=C2C(CCC(=O)N2C)CC1=O. The summed E-state index contributed by atoms with van der Waals surface area (Å²) in [6, 6.07) is 0. The van der Waals surface area contributed by atoms with E-state index in [2.05, 4.69) is 0 Å². The van der Waals surface area contributed by atoms with E-state index in [1.165, 1.54) is 0 Å². The van der Waals surface area contributed by atoms with Crippen molar-refractivity contribution in [2.24, 2.45) is 5.92 Å². The molecule has 1 aliphatic carbocycles. The van der Waals surface area contributed by atoms with Crippen molar-refractivity contribution in [3.05, 3.63) is 11.8 Å². The first-order valence-corrected chi connectivity index (χ1v) is 6.46. The highest BCUT2D eigenvalue weighted by molar-refractivity contribution is 8.00. The molecule has 0 bridgehead atoms. The van der Waals surface area contributed by atoms with Crippen LogP contribution in [0.3, 0.4) is 0 Å². The highest BCUT2D eigenvalue weighted by atomic mass is 32.2. The van der Waals surface area contributed by atoms with E-state index < -0.39 is 0 Å². The highest BCUT2D eigenvalue weighted by Crippen LogP contribution is 2.35. The predicted octanol–water partition coefficient (Wildman–Crippen LogP) is 1.44. The van der Waals surface area contributed by atoms with Crippen molar-refractivity contribution in [3.8, 4) is 0 Å². The van der Waals surface area contributed by atoms with Crippen LogP contribution in [0.4, 0.5) is 0 Å². The lowest BCUT2D eigenvalue weighted by Gasteiger charge is -2.36. The summed E-state index contributed by atoms with van der Waals surface area (Å²) in [4.78, 5) is 24.9. The molecule has 1 fully saturated rings. The number of Topliss-reactive ketones (excluding diaryl/α,β-unsaturated/α-hetero) is 1. The first-order chi connectivity index (χ1) is 7.13. The van der Waals surface area contributed by atoms with E-state index in [-0.39, 0.29) is 17.1 Å². The van der Waals surface area contributed by atoms with Gasteiger partial charge in [0.1, 0.15) is 5.78 Å². The number of nitrogens with zero attached hydrogens (tertiary/aromatic N) is 1. The van der Waals surface area contributed by atoms with Gasteiger partial charge in [0.25, 0.3) is 0 Å². The van der Waals surface area contributed by atoms with Crippen molar-refractivity contribution < 1.29 is 9.59 Å². The van der Waals surface area contributed by atoms with Crippen molar-refractivity contribution >= 4 is 23.5 Å². The molecule has 0 saturated carbocycles. The monoisotopic (exact) mass is 225 g/mol. The quantitative estimate of drug-likeness (QED) is 0.677. The first-order valence-electron chi connectivity index (χ1n) is 5.17. The van der Waals surface area contributed by atoms with Gasteiger partial charge in [0.15, 0.2) is 0 Å². The number of carbonyl (C=O) groups excluding carboxylic acids is 2. The standard InChI is InChI=1S/C11H15NO2S/c1-12-8-6-10(15-2)9(13)5-7(8)3-4-11(12)14/h6-7,10H,3-5H2,1-2H3. The number of piperidine rings is 1. The minimum atomic E-state index is -0.0513. The Morgan fingerprint density at radius 3 is 2.87 bits per heavy atom. The van der Waals surface area contributed by atoms with Gasteiger partial charge in [0.2, 0.25) is 5.91 Å². The lowest BCUT2D eigenvalue weighted by Crippen LogP contribution is -2.40. The third-order valence-electron chi connectivity index (χ3n) is 3.23. The molecule has 4 heteroatoms. The van der Waals surface area contributed by atoms with Gasteiger partial charge < -0.3 is 4.90 Å². The maximum absolute atomic E-state index is 11.7. The van der Waals surface area contributed by atoms with Crippen LogP contribution >= 0.6 is 11.8 Å². The Kier molecular flexibility index (Phi) is 2.87. The molecule has 2 rings (SSSR count). The number of allylic oxidation sites excluding steroid dienone is 1. The summed E-state index contributed by atoms with van der Waals surface area (Å²) < 4.78 is 0. The fourth-order valence-corrected chi connectivity index (χ4v) is 2.93. The molecule has 1 aliphatic heterocycles. The van der Waals surface area contributed by atoms with Gasteiger partial charge >= 0.3 is 0 Å². The van der Waals surface area contributed by atoms with E-state index in [0.29, 0.717) is 18.6 Å². The number of amides is 1. The lowest BCUT2D eigenvalue weighted by atomic mass is 9.84. The molecule has 0 spiro atoms. The Bertz CT molecular complexity index is 337. The van der Waals surface area contributed by atoms with Gasteiger partial charge in [0.05, 0.1) is 5.25 Å². The molecule has 0 aromatic heterocycles. The second-order valence-electron chi connectivity index (χ2n) is 4.11. The van der Waals surface area contributed by atoms with Gasteiger partial charge in [-0.05, 0) is 18.8 Å². The molecule has 15 heavy (non-hydrogen) atoms. The van der Waals surface area contributed by atoms with Crippen LogP contribution < -0.4 is 0 Å². The van der Waals surface area contributed by atoms with Crippen molar-refractivity contribution in [2.45, 2.75) is 24.5 Å². The zero-order valence-electron chi connectivity index (χ0n) is 9.03. The molecule has 2 unspecified atom stereocenters. The molecule has 2 aliphatic rings. The Morgan fingerprint density at radius 1 is 1.47 bits per heavy atom. The van der Waals surface area contributed by atoms with Crippen LogP contribution in [0.25, 0.3) is 0 Å². The van der Waals surface area contributed by atoms with Crippen LogP contribution in [-0.2, 0) is 9.59 Å². The van der Waals surface area contributed by atoms with Gasteiger partial charge in [-0.1, -0.05) is 0 Å². The van der Waals surface area contributed by atoms with Crippen LogP contribution in [0.15, 0.2) is 11.8 Å². The summed E-state index contributed by atoms with van der Waals surface area (Å²) in [6.07, 6.45) is 5.93. The molecule has 2 atom stereocenters. The van der Waals surface area contributed by atoms with Crippen LogP contribution in [-0.4, -0.2) is 35.1 Å². The minimum Gasteiger partial charge on any atom is -0.319 e. The lowest BCUT2D eigenvalue weighted by molar-refractivity contribution is -0.132. The van der Waals surface area contributed by atoms with E-state index in [1.807, 2.05) is 19.4 Å². The van der Waals surface area contributed by atoms with Gasteiger partial charge in [0, 0.05) is 31.5 Å². The second-order valence-corrected chi connectivity index (χ2v) is 5.09. The van der Waals surface area contributed by atoms with Crippen LogP contribution in [0.2, 0.25) is 0 Å². The zero-order chi connectivity index (χ0) is 11.0. The summed E-state index contributed by atoms with van der Waals surface area (Å²) in [5, 5.41) is -0.0513. The number of hydrogen-bond acceptors (Lipinski definition) is 3. The van der Waals surface area contributed by atoms with Crippen LogP contribution in [0.1, 0.15) is 19.3 Å². The smallest absolute Gasteiger partial charge is 0.226 e. The first kappa shape index (κ1) is 10.7. The average molecular weight is 225 g/mol. The Labute approximate surface area is 93.9 Å². The number of likely N-dealkylation sites (tertiary alicyclic amines) is 1. The normalized spacial score (nSPS) is 31.3. The number of ketones is 1. The number of fused-ring (bicyclic) bond motifs is 1. The van der Waals surface area contributed by atoms with Crippen molar-refractivity contribution in [2.75, 3.05) is 13.3 Å². The average Bonchev–Trinajstić information content (AvgIpc) is 2.23. The van der Waals surface area contributed by atoms with Gasteiger partial charge in [-0.15, -0.1) is 11.8 Å². The second kappa shape index (κ2) is 4.00. The predicted molar refractivity (Wildman–Crippen MR) is 60.5 cm³/mol. The molecule has 0 aromatic carbocycles. The summed E-state index contributed by atoms with van der Waals surface area (Å²) >= 11 is 1.55. The molecule has 0 aromatic rings. The van der Waals surface area contributed by atoms with Crippen molar-refractivity contribution in [1.29, 1.82) is 0 Å². The maximum Gasteiger partial charge on any atom is 0.226 e. The summed E-state index contributed by atoms with van der Waals surface area (Å²) in [6.45, 7) is 0. The summed E-state index contributed by atoms with van der Waals surface area (Å²) in [5.74, 6) is 0.759. The minimum absolute atomic E-state index is 0.0513. The summed E-state index contributed by atoms with van der Waals surface area (Å²) in [7, 11) is 1.81. The van der Waals surface area contributed by atoms with Gasteiger partial charge in [-0.2, -0.15) is 0 Å². The molecule has 3 nitrogen and oxygen atoms in total. The number of carbonyl (C=O) groups is 2. The third kappa shape index (κ3) is 1.83. The number of thioether (sulfide) groups is 1. The van der Waals surface area contributed by atoms with Crippen molar-refractivity contribution in [1.82, 2.24) is 4.90 Å². The molecular formula is C11H15NO2S. The zero-order valence-corrected chi connectivity index (χ0v) is 9.84. The molecule has 0 radical (unpaired) electrons. The largest absolute Gasteiger partial charge is 0.319 e. The van der Waals surface area contributed by atoms with Gasteiger partial charge in [-0.3, -0.25) is 9.59 Å². The van der Waals surface area contributed by atoms with E-state index in [9.17, 15) is 9.59 Å². The topological polar surface area (TPSA) is 37.4 Å². The van der Waals surface area contributed by atoms with E-state index >= 15 is 0 Å². The number of rotatable bonds is 1. The van der Waals surface area contributed by atoms with E-state index in [4.69, 9.17) is 0 Å².